The first kappa shape index (κ1) is 13.5. The van der Waals surface area contributed by atoms with Crippen molar-refractivity contribution >= 4 is 11.6 Å². The van der Waals surface area contributed by atoms with Gasteiger partial charge in [-0.2, -0.15) is 0 Å². The third-order valence-corrected chi connectivity index (χ3v) is 2.74. The van der Waals surface area contributed by atoms with Gasteiger partial charge in [-0.3, -0.25) is 4.79 Å². The van der Waals surface area contributed by atoms with Gasteiger partial charge in [0.25, 0.3) is 5.91 Å². The molecule has 0 aliphatic rings. The third-order valence-electron chi connectivity index (χ3n) is 2.74. The maximum absolute atomic E-state index is 12.0. The molecule has 0 bridgehead atoms. The predicted octanol–water partition coefficient (Wildman–Crippen LogP) is 1.49. The van der Waals surface area contributed by atoms with Gasteiger partial charge in [-0.15, -0.1) is 0 Å². The second-order valence-corrected chi connectivity index (χ2v) is 4.08. The zero-order valence-corrected chi connectivity index (χ0v) is 10.7. The molecule has 94 valence electrons. The molecule has 1 amide bonds. The topological polar surface area (TPSA) is 52.6 Å². The number of hydrogen-bond acceptors (Lipinski definition) is 3. The van der Waals surface area contributed by atoms with Crippen LogP contribution in [0.3, 0.4) is 0 Å². The number of nitrogens with one attached hydrogen (secondary N) is 1. The molecule has 4 nitrogen and oxygen atoms in total. The minimum Gasteiger partial charge on any atom is -0.396 e. The van der Waals surface area contributed by atoms with E-state index in [1.165, 1.54) is 0 Å². The number of rotatable bonds is 5. The normalized spacial score (nSPS) is 10.1. The zero-order chi connectivity index (χ0) is 12.8. The standard InChI is InChI=1S/C13H20N2O2/c1-10-9-11(5-6-12(10)14-2)13(17)15(3)7-4-8-16/h5-6,9,14,16H,4,7-8H2,1-3H3. The highest BCUT2D eigenvalue weighted by Crippen LogP contribution is 2.16. The van der Waals surface area contributed by atoms with Crippen molar-refractivity contribution in [2.45, 2.75) is 13.3 Å². The summed E-state index contributed by atoms with van der Waals surface area (Å²) in [6, 6.07) is 5.60. The first-order valence-corrected chi connectivity index (χ1v) is 5.75. The quantitative estimate of drug-likeness (QED) is 0.814. The Bertz CT molecular complexity index is 391. The molecule has 4 heteroatoms. The summed E-state index contributed by atoms with van der Waals surface area (Å²) in [6.45, 7) is 2.65. The molecule has 0 saturated carbocycles. The molecule has 17 heavy (non-hydrogen) atoms. The van der Waals surface area contributed by atoms with Crippen molar-refractivity contribution < 1.29 is 9.90 Å². The van der Waals surface area contributed by atoms with E-state index in [1.807, 2.05) is 32.2 Å². The lowest BCUT2D eigenvalue weighted by atomic mass is 10.1. The molecular formula is C13H20N2O2. The number of amides is 1. The number of hydrogen-bond donors (Lipinski definition) is 2. The van der Waals surface area contributed by atoms with Crippen LogP contribution in [-0.2, 0) is 0 Å². The van der Waals surface area contributed by atoms with Crippen molar-refractivity contribution in [3.05, 3.63) is 29.3 Å². The van der Waals surface area contributed by atoms with Gasteiger partial charge >= 0.3 is 0 Å². The van der Waals surface area contributed by atoms with Crippen molar-refractivity contribution in [1.82, 2.24) is 4.90 Å². The van der Waals surface area contributed by atoms with Gasteiger partial charge in [0, 0.05) is 38.5 Å². The highest BCUT2D eigenvalue weighted by Gasteiger charge is 2.11. The summed E-state index contributed by atoms with van der Waals surface area (Å²) < 4.78 is 0. The van der Waals surface area contributed by atoms with Crippen LogP contribution in [0.5, 0.6) is 0 Å². The minimum atomic E-state index is -0.01000. The SMILES string of the molecule is CNc1ccc(C(=O)N(C)CCCO)cc1C. The van der Waals surface area contributed by atoms with Crippen LogP contribution in [0.25, 0.3) is 0 Å². The van der Waals surface area contributed by atoms with Crippen LogP contribution in [0.4, 0.5) is 5.69 Å². The van der Waals surface area contributed by atoms with E-state index in [1.54, 1.807) is 11.9 Å². The molecule has 0 atom stereocenters. The predicted molar refractivity (Wildman–Crippen MR) is 69.4 cm³/mol. The number of anilines is 1. The summed E-state index contributed by atoms with van der Waals surface area (Å²) in [5.41, 5.74) is 2.76. The van der Waals surface area contributed by atoms with E-state index in [0.29, 0.717) is 18.5 Å². The molecule has 0 aliphatic carbocycles. The van der Waals surface area contributed by atoms with E-state index in [-0.39, 0.29) is 12.5 Å². The Kier molecular flexibility index (Phi) is 4.97. The second kappa shape index (κ2) is 6.25. The van der Waals surface area contributed by atoms with Crippen LogP contribution in [0.1, 0.15) is 22.3 Å². The van der Waals surface area contributed by atoms with Crippen LogP contribution < -0.4 is 5.32 Å². The van der Waals surface area contributed by atoms with Crippen molar-refractivity contribution in [3.8, 4) is 0 Å². The molecular weight excluding hydrogens is 216 g/mol. The van der Waals surface area contributed by atoms with Gasteiger partial charge in [0.15, 0.2) is 0 Å². The van der Waals surface area contributed by atoms with Gasteiger partial charge in [-0.05, 0) is 37.1 Å². The van der Waals surface area contributed by atoms with Crippen molar-refractivity contribution in [1.29, 1.82) is 0 Å². The number of aliphatic hydroxyl groups is 1. The summed E-state index contributed by atoms with van der Waals surface area (Å²) in [5, 5.41) is 11.8. The van der Waals surface area contributed by atoms with Gasteiger partial charge in [0.2, 0.25) is 0 Å². The summed E-state index contributed by atoms with van der Waals surface area (Å²) in [5.74, 6) is -0.01000. The van der Waals surface area contributed by atoms with E-state index in [0.717, 1.165) is 11.3 Å². The Balaban J connectivity index is 2.78. The Morgan fingerprint density at radius 1 is 1.47 bits per heavy atom. The highest BCUT2D eigenvalue weighted by atomic mass is 16.3. The highest BCUT2D eigenvalue weighted by molar-refractivity contribution is 5.94. The maximum Gasteiger partial charge on any atom is 0.253 e. The van der Waals surface area contributed by atoms with E-state index < -0.39 is 0 Å². The fraction of sp³-hybridized carbons (Fsp3) is 0.462. The van der Waals surface area contributed by atoms with Gasteiger partial charge in [-0.25, -0.2) is 0 Å². The monoisotopic (exact) mass is 236 g/mol. The molecule has 0 radical (unpaired) electrons. The molecule has 0 unspecified atom stereocenters. The molecule has 0 aliphatic heterocycles. The number of nitrogens with zero attached hydrogens (tertiary/aromatic N) is 1. The van der Waals surface area contributed by atoms with Crippen LogP contribution in [0.2, 0.25) is 0 Å². The number of carbonyl (C=O) groups is 1. The van der Waals surface area contributed by atoms with E-state index in [9.17, 15) is 4.79 Å². The first-order valence-electron chi connectivity index (χ1n) is 5.75. The molecule has 0 fully saturated rings. The van der Waals surface area contributed by atoms with Gasteiger partial charge in [-0.1, -0.05) is 0 Å². The average molecular weight is 236 g/mol. The van der Waals surface area contributed by atoms with Crippen LogP contribution in [0, 0.1) is 6.92 Å². The summed E-state index contributed by atoms with van der Waals surface area (Å²) >= 11 is 0. The van der Waals surface area contributed by atoms with Crippen LogP contribution in [0.15, 0.2) is 18.2 Å². The Labute approximate surface area is 102 Å². The molecule has 0 saturated heterocycles. The molecule has 1 aromatic rings. The lowest BCUT2D eigenvalue weighted by molar-refractivity contribution is 0.0786. The average Bonchev–Trinajstić information content (AvgIpc) is 2.34. The molecule has 0 aromatic heterocycles. The summed E-state index contributed by atoms with van der Waals surface area (Å²) in [7, 11) is 3.61. The first-order chi connectivity index (χ1) is 8.10. The summed E-state index contributed by atoms with van der Waals surface area (Å²) in [6.07, 6.45) is 0.607. The molecule has 1 rings (SSSR count). The Morgan fingerprint density at radius 3 is 2.71 bits per heavy atom. The largest absolute Gasteiger partial charge is 0.396 e. The zero-order valence-electron chi connectivity index (χ0n) is 10.7. The lowest BCUT2D eigenvalue weighted by Gasteiger charge is -2.17. The molecule has 0 spiro atoms. The van der Waals surface area contributed by atoms with Crippen molar-refractivity contribution in [2.75, 3.05) is 32.6 Å². The van der Waals surface area contributed by atoms with Crippen molar-refractivity contribution in [3.63, 3.8) is 0 Å². The van der Waals surface area contributed by atoms with Crippen molar-refractivity contribution in [2.24, 2.45) is 0 Å². The van der Waals surface area contributed by atoms with E-state index in [4.69, 9.17) is 5.11 Å². The van der Waals surface area contributed by atoms with E-state index >= 15 is 0 Å². The summed E-state index contributed by atoms with van der Waals surface area (Å²) in [4.78, 5) is 13.7. The fourth-order valence-electron chi connectivity index (χ4n) is 1.71. The van der Waals surface area contributed by atoms with E-state index in [2.05, 4.69) is 5.32 Å². The third kappa shape index (κ3) is 3.46. The number of aliphatic hydroxyl groups excluding tert-OH is 1. The number of benzene rings is 1. The maximum atomic E-state index is 12.0. The number of carbonyl (C=O) groups excluding carboxylic acids is 1. The minimum absolute atomic E-state index is 0.01000. The Hall–Kier alpha value is -1.55. The molecule has 1 aromatic carbocycles. The fourth-order valence-corrected chi connectivity index (χ4v) is 1.71. The smallest absolute Gasteiger partial charge is 0.253 e. The molecule has 2 N–H and O–H groups in total. The van der Waals surface area contributed by atoms with Gasteiger partial charge < -0.3 is 15.3 Å². The molecule has 0 heterocycles. The number of aryl methyl sites for hydroxylation is 1. The second-order valence-electron chi connectivity index (χ2n) is 4.08. The van der Waals surface area contributed by atoms with Crippen LogP contribution >= 0.6 is 0 Å². The van der Waals surface area contributed by atoms with Gasteiger partial charge in [0.05, 0.1) is 0 Å². The lowest BCUT2D eigenvalue weighted by Crippen LogP contribution is -2.28. The van der Waals surface area contributed by atoms with Crippen LogP contribution in [-0.4, -0.2) is 43.2 Å². The Morgan fingerprint density at radius 2 is 2.18 bits per heavy atom. The van der Waals surface area contributed by atoms with Gasteiger partial charge in [0.1, 0.15) is 0 Å².